The molecule has 88 valence electrons. The number of hydrogen-bond donors (Lipinski definition) is 1. The van der Waals surface area contributed by atoms with Gasteiger partial charge >= 0.3 is 0 Å². The monoisotopic (exact) mass is 239 g/mol. The second-order valence-electron chi connectivity index (χ2n) is 4.15. The van der Waals surface area contributed by atoms with Crippen molar-refractivity contribution in [2.24, 2.45) is 0 Å². The SMILES string of the molecule is CSCc1ccc(C(=O)NC2CCCC2)o1. The molecule has 1 saturated carbocycles. The molecule has 1 amide bonds. The number of carbonyl (C=O) groups excluding carboxylic acids is 1. The maximum Gasteiger partial charge on any atom is 0.287 e. The van der Waals surface area contributed by atoms with E-state index in [-0.39, 0.29) is 5.91 Å². The van der Waals surface area contributed by atoms with Gasteiger partial charge in [-0.05, 0) is 31.2 Å². The van der Waals surface area contributed by atoms with Gasteiger partial charge in [0.05, 0.1) is 5.75 Å². The summed E-state index contributed by atoms with van der Waals surface area (Å²) in [6.07, 6.45) is 6.66. The zero-order chi connectivity index (χ0) is 11.4. The molecule has 0 atom stereocenters. The Morgan fingerprint density at radius 1 is 1.50 bits per heavy atom. The van der Waals surface area contributed by atoms with E-state index < -0.39 is 0 Å². The largest absolute Gasteiger partial charge is 0.455 e. The number of carbonyl (C=O) groups is 1. The van der Waals surface area contributed by atoms with Crippen LogP contribution in [0.1, 0.15) is 42.0 Å². The van der Waals surface area contributed by atoms with E-state index in [1.54, 1.807) is 17.8 Å². The van der Waals surface area contributed by atoms with Gasteiger partial charge in [-0.2, -0.15) is 11.8 Å². The summed E-state index contributed by atoms with van der Waals surface area (Å²) in [7, 11) is 0. The van der Waals surface area contributed by atoms with Gasteiger partial charge in [0.15, 0.2) is 5.76 Å². The molecule has 1 aromatic heterocycles. The van der Waals surface area contributed by atoms with Crippen molar-refractivity contribution in [3.63, 3.8) is 0 Å². The van der Waals surface area contributed by atoms with Crippen LogP contribution in [-0.2, 0) is 5.75 Å². The second kappa shape index (κ2) is 5.43. The van der Waals surface area contributed by atoms with Crippen molar-refractivity contribution < 1.29 is 9.21 Å². The Hall–Kier alpha value is -0.900. The summed E-state index contributed by atoms with van der Waals surface area (Å²) in [6.45, 7) is 0. The molecule has 2 rings (SSSR count). The Labute approximate surface area is 100.0 Å². The molecule has 0 unspecified atom stereocenters. The van der Waals surface area contributed by atoms with E-state index in [1.165, 1.54) is 12.8 Å². The number of amides is 1. The van der Waals surface area contributed by atoms with Crippen LogP contribution in [0.25, 0.3) is 0 Å². The highest BCUT2D eigenvalue weighted by atomic mass is 32.2. The third-order valence-corrected chi connectivity index (χ3v) is 3.44. The first-order chi connectivity index (χ1) is 7.79. The van der Waals surface area contributed by atoms with Crippen LogP contribution in [0.5, 0.6) is 0 Å². The number of rotatable bonds is 4. The molecule has 0 saturated heterocycles. The van der Waals surface area contributed by atoms with Crippen LogP contribution in [0.15, 0.2) is 16.5 Å². The molecule has 1 heterocycles. The lowest BCUT2D eigenvalue weighted by Gasteiger charge is -2.09. The van der Waals surface area contributed by atoms with Gasteiger partial charge in [-0.1, -0.05) is 12.8 Å². The fraction of sp³-hybridized carbons (Fsp3) is 0.583. The van der Waals surface area contributed by atoms with Crippen molar-refractivity contribution in [3.05, 3.63) is 23.7 Å². The van der Waals surface area contributed by atoms with E-state index in [2.05, 4.69) is 5.32 Å². The van der Waals surface area contributed by atoms with E-state index in [9.17, 15) is 4.79 Å². The molecule has 0 bridgehead atoms. The van der Waals surface area contributed by atoms with Crippen LogP contribution in [0.3, 0.4) is 0 Å². The summed E-state index contributed by atoms with van der Waals surface area (Å²) < 4.78 is 5.46. The maximum absolute atomic E-state index is 11.8. The molecule has 1 fully saturated rings. The third-order valence-electron chi connectivity index (χ3n) is 2.86. The Balaban J connectivity index is 1.91. The standard InChI is InChI=1S/C12H17NO2S/c1-16-8-10-6-7-11(15-10)12(14)13-9-4-2-3-5-9/h6-7,9H,2-5,8H2,1H3,(H,13,14). The minimum atomic E-state index is -0.0701. The van der Waals surface area contributed by atoms with Crippen molar-refractivity contribution in [2.45, 2.75) is 37.5 Å². The van der Waals surface area contributed by atoms with Crippen LogP contribution in [0, 0.1) is 0 Å². The van der Waals surface area contributed by atoms with Crippen LogP contribution in [0.2, 0.25) is 0 Å². The van der Waals surface area contributed by atoms with Gasteiger partial charge in [0.1, 0.15) is 5.76 Å². The minimum absolute atomic E-state index is 0.0701. The van der Waals surface area contributed by atoms with E-state index >= 15 is 0 Å². The quantitative estimate of drug-likeness (QED) is 0.878. The predicted octanol–water partition coefficient (Wildman–Crippen LogP) is 2.82. The lowest BCUT2D eigenvalue weighted by molar-refractivity contribution is 0.0908. The van der Waals surface area contributed by atoms with Gasteiger partial charge in [0, 0.05) is 6.04 Å². The summed E-state index contributed by atoms with van der Waals surface area (Å²) in [5, 5.41) is 3.01. The first-order valence-corrected chi connectivity index (χ1v) is 7.07. The zero-order valence-corrected chi connectivity index (χ0v) is 10.3. The molecule has 3 nitrogen and oxygen atoms in total. The fourth-order valence-corrected chi connectivity index (χ4v) is 2.49. The number of hydrogen-bond acceptors (Lipinski definition) is 3. The molecule has 0 aliphatic heterocycles. The minimum Gasteiger partial charge on any atom is -0.455 e. The average molecular weight is 239 g/mol. The number of thioether (sulfide) groups is 1. The third kappa shape index (κ3) is 2.82. The first-order valence-electron chi connectivity index (χ1n) is 5.68. The summed E-state index contributed by atoms with van der Waals surface area (Å²) in [6, 6.07) is 3.98. The molecule has 0 radical (unpaired) electrons. The normalized spacial score (nSPS) is 16.6. The number of furan rings is 1. The second-order valence-corrected chi connectivity index (χ2v) is 5.02. The summed E-state index contributed by atoms with van der Waals surface area (Å²) in [4.78, 5) is 11.8. The van der Waals surface area contributed by atoms with Gasteiger partial charge < -0.3 is 9.73 Å². The van der Waals surface area contributed by atoms with E-state index in [4.69, 9.17) is 4.42 Å². The van der Waals surface area contributed by atoms with Crippen molar-refractivity contribution >= 4 is 17.7 Å². The molecule has 0 spiro atoms. The summed E-state index contributed by atoms with van der Waals surface area (Å²) in [5.41, 5.74) is 0. The molecule has 1 N–H and O–H groups in total. The Morgan fingerprint density at radius 2 is 2.25 bits per heavy atom. The highest BCUT2D eigenvalue weighted by molar-refractivity contribution is 7.97. The van der Waals surface area contributed by atoms with Crippen molar-refractivity contribution in [1.29, 1.82) is 0 Å². The zero-order valence-electron chi connectivity index (χ0n) is 9.49. The molecular formula is C12H17NO2S. The molecule has 4 heteroatoms. The smallest absolute Gasteiger partial charge is 0.287 e. The highest BCUT2D eigenvalue weighted by Gasteiger charge is 2.19. The van der Waals surface area contributed by atoms with Crippen molar-refractivity contribution in [2.75, 3.05) is 6.26 Å². The Kier molecular flexibility index (Phi) is 3.93. The Bertz CT molecular complexity index is 356. The lowest BCUT2D eigenvalue weighted by Crippen LogP contribution is -2.32. The van der Waals surface area contributed by atoms with Crippen molar-refractivity contribution in [1.82, 2.24) is 5.32 Å². The molecule has 1 aromatic rings. The van der Waals surface area contributed by atoms with Crippen LogP contribution in [-0.4, -0.2) is 18.2 Å². The van der Waals surface area contributed by atoms with E-state index in [1.807, 2.05) is 12.3 Å². The maximum atomic E-state index is 11.8. The van der Waals surface area contributed by atoms with Gasteiger partial charge in [-0.3, -0.25) is 4.79 Å². The van der Waals surface area contributed by atoms with E-state index in [0.717, 1.165) is 24.4 Å². The lowest BCUT2D eigenvalue weighted by atomic mass is 10.2. The van der Waals surface area contributed by atoms with E-state index in [0.29, 0.717) is 11.8 Å². The van der Waals surface area contributed by atoms with Gasteiger partial charge in [-0.15, -0.1) is 0 Å². The average Bonchev–Trinajstić information content (AvgIpc) is 2.89. The highest BCUT2D eigenvalue weighted by Crippen LogP contribution is 2.19. The van der Waals surface area contributed by atoms with Crippen LogP contribution < -0.4 is 5.32 Å². The fourth-order valence-electron chi connectivity index (χ4n) is 2.05. The molecule has 1 aliphatic carbocycles. The van der Waals surface area contributed by atoms with Crippen LogP contribution >= 0.6 is 11.8 Å². The van der Waals surface area contributed by atoms with Gasteiger partial charge in [-0.25, -0.2) is 0 Å². The van der Waals surface area contributed by atoms with Gasteiger partial charge in [0.25, 0.3) is 5.91 Å². The summed E-state index contributed by atoms with van der Waals surface area (Å²) in [5.74, 6) is 2.05. The molecule has 1 aliphatic rings. The predicted molar refractivity (Wildman–Crippen MR) is 65.6 cm³/mol. The van der Waals surface area contributed by atoms with Gasteiger partial charge in [0.2, 0.25) is 0 Å². The van der Waals surface area contributed by atoms with Crippen LogP contribution in [0.4, 0.5) is 0 Å². The molecule has 16 heavy (non-hydrogen) atoms. The topological polar surface area (TPSA) is 42.2 Å². The first kappa shape index (κ1) is 11.6. The van der Waals surface area contributed by atoms with Crippen molar-refractivity contribution in [3.8, 4) is 0 Å². The summed E-state index contributed by atoms with van der Waals surface area (Å²) >= 11 is 1.69. The Morgan fingerprint density at radius 3 is 2.94 bits per heavy atom. The molecular weight excluding hydrogens is 222 g/mol. The number of nitrogens with one attached hydrogen (secondary N) is 1. The molecule has 0 aromatic carbocycles.